The monoisotopic (exact) mass is 562 g/mol. The molecule has 0 aliphatic carbocycles. The molecule has 1 aromatic heterocycles. The summed E-state index contributed by atoms with van der Waals surface area (Å²) in [6, 6.07) is 25.3. The standard InChI is InChI=1S/C33H26N2O7/c36-18-22-8-10-28-30(16-22)40-20-24-4-1-6-26(14-24)32-34-35-33(42-32)27-7-2-5-25(15-27)21-41-31-17-23(19-37)9-11-29(31)39-13-3-12-38-28/h1-2,4-11,14-19H,3,12-13,20-21H2. The minimum Gasteiger partial charge on any atom is -0.490 e. The number of benzene rings is 4. The van der Waals surface area contributed by atoms with Crippen LogP contribution >= 0.6 is 0 Å². The first-order chi connectivity index (χ1) is 20.7. The summed E-state index contributed by atoms with van der Waals surface area (Å²) in [7, 11) is 0. The van der Waals surface area contributed by atoms with Crippen molar-refractivity contribution in [2.45, 2.75) is 19.6 Å². The number of fused-ring (bicyclic) bond motifs is 10. The van der Waals surface area contributed by atoms with Crippen LogP contribution in [0.1, 0.15) is 38.3 Å². The third kappa shape index (κ3) is 6.15. The highest BCUT2D eigenvalue weighted by Crippen LogP contribution is 2.32. The third-order valence-electron chi connectivity index (χ3n) is 6.57. The van der Waals surface area contributed by atoms with Gasteiger partial charge in [-0.25, -0.2) is 0 Å². The molecule has 0 amide bonds. The molecule has 4 aromatic carbocycles. The van der Waals surface area contributed by atoms with Crippen molar-refractivity contribution in [2.24, 2.45) is 0 Å². The smallest absolute Gasteiger partial charge is 0.248 e. The fraction of sp³-hybridized carbons (Fsp3) is 0.152. The molecule has 6 rings (SSSR count). The lowest BCUT2D eigenvalue weighted by atomic mass is 10.1. The number of ether oxygens (including phenoxy) is 4. The summed E-state index contributed by atoms with van der Waals surface area (Å²) in [5, 5.41) is 8.52. The molecule has 5 aromatic rings. The van der Waals surface area contributed by atoms with Gasteiger partial charge in [-0.15, -0.1) is 10.2 Å². The Morgan fingerprint density at radius 1 is 0.548 bits per heavy atom. The highest BCUT2D eigenvalue weighted by atomic mass is 16.5. The number of nitrogens with zero attached hydrogens (tertiary/aromatic N) is 2. The van der Waals surface area contributed by atoms with Crippen LogP contribution in [0.4, 0.5) is 0 Å². The second kappa shape index (κ2) is 12.4. The maximum absolute atomic E-state index is 11.4. The van der Waals surface area contributed by atoms with Crippen molar-refractivity contribution in [3.63, 3.8) is 0 Å². The lowest BCUT2D eigenvalue weighted by Gasteiger charge is -2.15. The molecule has 0 fully saturated rings. The zero-order valence-electron chi connectivity index (χ0n) is 22.5. The molecule has 42 heavy (non-hydrogen) atoms. The Bertz CT molecular complexity index is 1610. The fourth-order valence-corrected chi connectivity index (χ4v) is 4.45. The van der Waals surface area contributed by atoms with Crippen LogP contribution in [0.2, 0.25) is 0 Å². The predicted molar refractivity (Wildman–Crippen MR) is 153 cm³/mol. The Morgan fingerprint density at radius 2 is 1.05 bits per heavy atom. The summed E-state index contributed by atoms with van der Waals surface area (Å²) in [5.41, 5.74) is 4.20. The van der Waals surface area contributed by atoms with E-state index in [4.69, 9.17) is 23.4 Å². The summed E-state index contributed by atoms with van der Waals surface area (Å²) < 4.78 is 30.2. The Labute approximate surface area is 241 Å². The second-order valence-electron chi connectivity index (χ2n) is 9.59. The number of carbonyl (C=O) groups excluding carboxylic acids is 2. The van der Waals surface area contributed by atoms with Gasteiger partial charge < -0.3 is 23.4 Å². The van der Waals surface area contributed by atoms with Gasteiger partial charge in [0.1, 0.15) is 25.8 Å². The second-order valence-corrected chi connectivity index (χ2v) is 9.59. The first-order valence-electron chi connectivity index (χ1n) is 13.4. The van der Waals surface area contributed by atoms with E-state index in [0.717, 1.165) is 34.8 Å². The highest BCUT2D eigenvalue weighted by Gasteiger charge is 2.14. The van der Waals surface area contributed by atoms with E-state index in [9.17, 15) is 9.59 Å². The molecular weight excluding hydrogens is 536 g/mol. The lowest BCUT2D eigenvalue weighted by molar-refractivity contribution is 0.111. The molecule has 210 valence electrons. The van der Waals surface area contributed by atoms with Crippen LogP contribution in [0.25, 0.3) is 22.9 Å². The summed E-state index contributed by atoms with van der Waals surface area (Å²) >= 11 is 0. The topological polar surface area (TPSA) is 110 Å². The average Bonchev–Trinajstić information content (AvgIpc) is 3.54. The van der Waals surface area contributed by atoms with E-state index in [1.165, 1.54) is 0 Å². The summed E-state index contributed by atoms with van der Waals surface area (Å²) in [5.74, 6) is 2.67. The van der Waals surface area contributed by atoms with Gasteiger partial charge in [-0.05, 0) is 71.8 Å². The molecule has 9 nitrogen and oxygen atoms in total. The highest BCUT2D eigenvalue weighted by molar-refractivity contribution is 5.77. The predicted octanol–water partition coefficient (Wildman–Crippen LogP) is 6.35. The average molecular weight is 563 g/mol. The number of aldehydes is 2. The van der Waals surface area contributed by atoms with E-state index in [2.05, 4.69) is 10.2 Å². The Kier molecular flexibility index (Phi) is 7.89. The Balaban J connectivity index is 1.33. The number of aromatic nitrogens is 2. The van der Waals surface area contributed by atoms with E-state index in [0.29, 0.717) is 65.5 Å². The first kappa shape index (κ1) is 26.8. The Morgan fingerprint density at radius 3 is 1.52 bits per heavy atom. The van der Waals surface area contributed by atoms with E-state index < -0.39 is 0 Å². The molecule has 0 atom stereocenters. The maximum atomic E-state index is 11.4. The fourth-order valence-electron chi connectivity index (χ4n) is 4.45. The molecule has 1 aliphatic heterocycles. The van der Waals surface area contributed by atoms with Crippen molar-refractivity contribution >= 4 is 12.6 Å². The maximum Gasteiger partial charge on any atom is 0.248 e. The lowest BCUT2D eigenvalue weighted by Crippen LogP contribution is -2.07. The van der Waals surface area contributed by atoms with Crippen molar-refractivity contribution < 1.29 is 33.0 Å². The van der Waals surface area contributed by atoms with Crippen LogP contribution in [0.3, 0.4) is 0 Å². The molecule has 0 saturated carbocycles. The van der Waals surface area contributed by atoms with Gasteiger partial charge in [0.15, 0.2) is 23.0 Å². The summed E-state index contributed by atoms with van der Waals surface area (Å²) in [4.78, 5) is 22.8. The minimum atomic E-state index is 0.234. The SMILES string of the molecule is O=Cc1ccc2c(c1)OCc1cccc(c1)-c1nnc(o1)-c1cccc(c1)COc1cc(C=O)ccc1OCCCO2. The third-order valence-corrected chi connectivity index (χ3v) is 6.57. The molecule has 0 spiro atoms. The first-order valence-corrected chi connectivity index (χ1v) is 13.4. The minimum absolute atomic E-state index is 0.234. The molecule has 9 heteroatoms. The Hall–Kier alpha value is -5.44. The quantitative estimate of drug-likeness (QED) is 0.227. The van der Waals surface area contributed by atoms with Crippen molar-refractivity contribution in [1.29, 1.82) is 0 Å². The molecule has 0 saturated heterocycles. The van der Waals surface area contributed by atoms with Gasteiger partial charge in [0.05, 0.1) is 13.2 Å². The zero-order chi connectivity index (χ0) is 28.7. The van der Waals surface area contributed by atoms with E-state index in [-0.39, 0.29) is 13.2 Å². The van der Waals surface area contributed by atoms with Crippen LogP contribution in [0.5, 0.6) is 23.0 Å². The van der Waals surface area contributed by atoms with Crippen molar-refractivity contribution in [3.05, 3.63) is 107 Å². The van der Waals surface area contributed by atoms with Crippen LogP contribution in [-0.4, -0.2) is 36.0 Å². The number of carbonyl (C=O) groups is 2. The van der Waals surface area contributed by atoms with Crippen LogP contribution in [-0.2, 0) is 13.2 Å². The number of hydrogen-bond acceptors (Lipinski definition) is 9. The molecule has 6 bridgehead atoms. The van der Waals surface area contributed by atoms with Crippen molar-refractivity contribution in [3.8, 4) is 45.9 Å². The molecule has 0 radical (unpaired) electrons. The van der Waals surface area contributed by atoms with Crippen molar-refractivity contribution in [2.75, 3.05) is 13.2 Å². The van der Waals surface area contributed by atoms with Gasteiger partial charge in [-0.1, -0.05) is 24.3 Å². The molecular formula is C33H26N2O7. The van der Waals surface area contributed by atoms with Crippen LogP contribution in [0, 0.1) is 0 Å². The van der Waals surface area contributed by atoms with Gasteiger partial charge in [0, 0.05) is 28.7 Å². The molecule has 2 heterocycles. The van der Waals surface area contributed by atoms with Gasteiger partial charge in [0.2, 0.25) is 11.8 Å². The van der Waals surface area contributed by atoms with Gasteiger partial charge >= 0.3 is 0 Å². The van der Waals surface area contributed by atoms with Gasteiger partial charge in [-0.3, -0.25) is 9.59 Å². The molecule has 0 unspecified atom stereocenters. The van der Waals surface area contributed by atoms with E-state index in [1.807, 2.05) is 48.5 Å². The van der Waals surface area contributed by atoms with E-state index in [1.54, 1.807) is 36.4 Å². The molecule has 0 N–H and O–H groups in total. The van der Waals surface area contributed by atoms with E-state index >= 15 is 0 Å². The molecule has 1 aliphatic rings. The number of hydrogen-bond donors (Lipinski definition) is 0. The van der Waals surface area contributed by atoms with Crippen LogP contribution in [0.15, 0.2) is 89.3 Å². The van der Waals surface area contributed by atoms with Gasteiger partial charge in [0.25, 0.3) is 0 Å². The van der Waals surface area contributed by atoms with Gasteiger partial charge in [-0.2, -0.15) is 0 Å². The summed E-state index contributed by atoms with van der Waals surface area (Å²) in [6.07, 6.45) is 2.09. The van der Waals surface area contributed by atoms with Crippen molar-refractivity contribution in [1.82, 2.24) is 10.2 Å². The normalized spacial score (nSPS) is 13.2. The zero-order valence-corrected chi connectivity index (χ0v) is 22.5. The van der Waals surface area contributed by atoms with Crippen LogP contribution < -0.4 is 18.9 Å². The summed E-state index contributed by atoms with van der Waals surface area (Å²) in [6.45, 7) is 1.17. The number of rotatable bonds is 2. The largest absolute Gasteiger partial charge is 0.490 e.